The number of hydrogen-bond acceptors (Lipinski definition) is 5. The van der Waals surface area contributed by atoms with Gasteiger partial charge in [0.15, 0.2) is 5.16 Å². The fraction of sp³-hybridized carbons (Fsp3) is 0.217. The van der Waals surface area contributed by atoms with E-state index in [2.05, 4.69) is 46.6 Å². The summed E-state index contributed by atoms with van der Waals surface area (Å²) in [5, 5.41) is 16.5. The number of amides is 1. The fourth-order valence-electron chi connectivity index (χ4n) is 3.51. The number of aromatic nitrogens is 5. The zero-order valence-electron chi connectivity index (χ0n) is 18.0. The van der Waals surface area contributed by atoms with Crippen LogP contribution < -0.4 is 5.32 Å². The van der Waals surface area contributed by atoms with Gasteiger partial charge in [-0.15, -0.1) is 10.2 Å². The molecule has 0 atom stereocenters. The smallest absolute Gasteiger partial charge is 0.234 e. The van der Waals surface area contributed by atoms with Gasteiger partial charge in [-0.05, 0) is 51.5 Å². The van der Waals surface area contributed by atoms with Crippen LogP contribution in [-0.4, -0.2) is 36.2 Å². The summed E-state index contributed by atoms with van der Waals surface area (Å²) in [5.74, 6) is 0.109. The van der Waals surface area contributed by atoms with E-state index in [4.69, 9.17) is 0 Å². The highest BCUT2D eigenvalue weighted by Crippen LogP contribution is 2.25. The molecule has 2 aromatic carbocycles. The van der Waals surface area contributed by atoms with Gasteiger partial charge in [-0.25, -0.2) is 4.68 Å². The summed E-state index contributed by atoms with van der Waals surface area (Å²) in [6.45, 7) is 7.96. The third-order valence-electron chi connectivity index (χ3n) is 5.02. The molecule has 1 amide bonds. The maximum absolute atomic E-state index is 12.7. The van der Waals surface area contributed by atoms with Gasteiger partial charge in [-0.3, -0.25) is 9.36 Å². The number of rotatable bonds is 6. The monoisotopic (exact) mass is 432 g/mol. The van der Waals surface area contributed by atoms with Crippen LogP contribution in [-0.2, 0) is 4.79 Å². The second kappa shape index (κ2) is 8.77. The first-order valence-corrected chi connectivity index (χ1v) is 10.9. The Morgan fingerprint density at radius 3 is 2.58 bits per heavy atom. The molecule has 7 nitrogen and oxygen atoms in total. The SMILES string of the molecule is Cc1ccc(-n2cnnc2SCC(=O)Nc2c(C)nn(-c3ccccc3)c2C)c(C)c1. The maximum atomic E-state index is 12.7. The van der Waals surface area contributed by atoms with Crippen molar-refractivity contribution in [1.29, 1.82) is 0 Å². The number of benzene rings is 2. The van der Waals surface area contributed by atoms with Crippen LogP contribution in [0.2, 0.25) is 0 Å². The van der Waals surface area contributed by atoms with Crippen LogP contribution in [0.1, 0.15) is 22.5 Å². The van der Waals surface area contributed by atoms with E-state index in [-0.39, 0.29) is 11.7 Å². The van der Waals surface area contributed by atoms with Crippen molar-refractivity contribution in [2.45, 2.75) is 32.9 Å². The van der Waals surface area contributed by atoms with Gasteiger partial charge in [0, 0.05) is 0 Å². The first kappa shape index (κ1) is 20.9. The Kier molecular flexibility index (Phi) is 5.90. The van der Waals surface area contributed by atoms with Gasteiger partial charge >= 0.3 is 0 Å². The van der Waals surface area contributed by atoms with Crippen LogP contribution in [0.3, 0.4) is 0 Å². The van der Waals surface area contributed by atoms with Crippen molar-refractivity contribution in [3.05, 3.63) is 77.4 Å². The fourth-order valence-corrected chi connectivity index (χ4v) is 4.24. The van der Waals surface area contributed by atoms with E-state index < -0.39 is 0 Å². The lowest BCUT2D eigenvalue weighted by Crippen LogP contribution is -2.15. The lowest BCUT2D eigenvalue weighted by atomic mass is 10.1. The van der Waals surface area contributed by atoms with E-state index >= 15 is 0 Å². The minimum absolute atomic E-state index is 0.112. The summed E-state index contributed by atoms with van der Waals surface area (Å²) in [6.07, 6.45) is 1.68. The Hall–Kier alpha value is -3.39. The lowest BCUT2D eigenvalue weighted by Gasteiger charge is -2.10. The average Bonchev–Trinajstić information content (AvgIpc) is 3.33. The number of carbonyl (C=O) groups is 1. The minimum Gasteiger partial charge on any atom is -0.322 e. The van der Waals surface area contributed by atoms with Crippen molar-refractivity contribution in [1.82, 2.24) is 24.5 Å². The number of nitrogens with one attached hydrogen (secondary N) is 1. The molecule has 0 unspecified atom stereocenters. The number of carbonyl (C=O) groups excluding carboxylic acids is 1. The summed E-state index contributed by atoms with van der Waals surface area (Å²) in [4.78, 5) is 12.7. The van der Waals surface area contributed by atoms with Gasteiger partial charge in [-0.2, -0.15) is 5.10 Å². The maximum Gasteiger partial charge on any atom is 0.234 e. The third-order valence-corrected chi connectivity index (χ3v) is 5.96. The molecule has 0 aliphatic rings. The van der Waals surface area contributed by atoms with Crippen molar-refractivity contribution in [2.75, 3.05) is 11.1 Å². The normalized spacial score (nSPS) is 11.0. The summed E-state index contributed by atoms with van der Waals surface area (Å²) in [6, 6.07) is 16.1. The highest BCUT2D eigenvalue weighted by molar-refractivity contribution is 7.99. The van der Waals surface area contributed by atoms with Crippen LogP contribution in [0.25, 0.3) is 11.4 Å². The largest absolute Gasteiger partial charge is 0.322 e. The predicted molar refractivity (Wildman–Crippen MR) is 123 cm³/mol. The standard InChI is InChI=1S/C23H24N6OS/c1-15-10-11-20(16(2)12-15)28-14-24-26-23(28)31-13-21(30)25-22-17(3)27-29(18(22)4)19-8-6-5-7-9-19/h5-12,14H,13H2,1-4H3,(H,25,30). The molecule has 0 fully saturated rings. The summed E-state index contributed by atoms with van der Waals surface area (Å²) in [5.41, 5.74) is 6.70. The van der Waals surface area contributed by atoms with Gasteiger partial charge in [0.05, 0.1) is 34.2 Å². The summed E-state index contributed by atoms with van der Waals surface area (Å²) < 4.78 is 3.76. The number of thioether (sulfide) groups is 1. The molecular weight excluding hydrogens is 408 g/mol. The molecule has 2 heterocycles. The molecule has 2 aromatic heterocycles. The molecule has 0 aliphatic carbocycles. The predicted octanol–water partition coefficient (Wildman–Crippen LogP) is 4.42. The van der Waals surface area contributed by atoms with E-state index in [1.54, 1.807) is 6.33 Å². The topological polar surface area (TPSA) is 77.6 Å². The van der Waals surface area contributed by atoms with Crippen LogP contribution >= 0.6 is 11.8 Å². The zero-order chi connectivity index (χ0) is 22.0. The van der Waals surface area contributed by atoms with E-state index in [0.717, 1.165) is 34.0 Å². The van der Waals surface area contributed by atoms with Gasteiger partial charge in [0.2, 0.25) is 5.91 Å². The number of nitrogens with zero attached hydrogens (tertiary/aromatic N) is 5. The Bertz CT molecular complexity index is 1230. The number of anilines is 1. The lowest BCUT2D eigenvalue weighted by molar-refractivity contribution is -0.113. The minimum atomic E-state index is -0.112. The molecule has 4 aromatic rings. The van der Waals surface area contributed by atoms with Gasteiger partial charge in [-0.1, -0.05) is 47.7 Å². The number of para-hydroxylation sites is 1. The molecule has 158 valence electrons. The van der Waals surface area contributed by atoms with Crippen molar-refractivity contribution >= 4 is 23.4 Å². The Morgan fingerprint density at radius 2 is 1.84 bits per heavy atom. The molecule has 1 N–H and O–H groups in total. The van der Waals surface area contributed by atoms with Crippen LogP contribution in [0.15, 0.2) is 60.0 Å². The van der Waals surface area contributed by atoms with Crippen LogP contribution in [0.5, 0.6) is 0 Å². The Morgan fingerprint density at radius 1 is 1.06 bits per heavy atom. The van der Waals surface area contributed by atoms with Crippen LogP contribution in [0, 0.1) is 27.7 Å². The molecule has 0 spiro atoms. The molecule has 0 bridgehead atoms. The molecule has 0 radical (unpaired) electrons. The summed E-state index contributed by atoms with van der Waals surface area (Å²) >= 11 is 1.35. The average molecular weight is 433 g/mol. The highest BCUT2D eigenvalue weighted by atomic mass is 32.2. The second-order valence-electron chi connectivity index (χ2n) is 7.40. The molecule has 4 rings (SSSR count). The molecule has 0 aliphatic heterocycles. The van der Waals surface area contributed by atoms with Crippen molar-refractivity contribution in [3.8, 4) is 11.4 Å². The summed E-state index contributed by atoms with van der Waals surface area (Å²) in [7, 11) is 0. The molecular formula is C23H24N6OS. The van der Waals surface area contributed by atoms with E-state index in [9.17, 15) is 4.79 Å². The van der Waals surface area contributed by atoms with Crippen LogP contribution in [0.4, 0.5) is 5.69 Å². The third kappa shape index (κ3) is 4.39. The van der Waals surface area contributed by atoms with E-state index in [1.807, 2.05) is 59.5 Å². The number of aryl methyl sites for hydroxylation is 3. The first-order chi connectivity index (χ1) is 14.9. The molecule has 31 heavy (non-hydrogen) atoms. The van der Waals surface area contributed by atoms with Gasteiger partial charge in [0.25, 0.3) is 0 Å². The number of hydrogen-bond donors (Lipinski definition) is 1. The van der Waals surface area contributed by atoms with Crippen molar-refractivity contribution < 1.29 is 4.79 Å². The molecule has 0 saturated heterocycles. The second-order valence-corrected chi connectivity index (χ2v) is 8.35. The highest BCUT2D eigenvalue weighted by Gasteiger charge is 2.17. The molecule has 8 heteroatoms. The van der Waals surface area contributed by atoms with Crippen molar-refractivity contribution in [3.63, 3.8) is 0 Å². The Balaban J connectivity index is 1.47. The van der Waals surface area contributed by atoms with Gasteiger partial charge in [0.1, 0.15) is 6.33 Å². The van der Waals surface area contributed by atoms with E-state index in [1.165, 1.54) is 17.3 Å². The van der Waals surface area contributed by atoms with Gasteiger partial charge < -0.3 is 5.32 Å². The quantitative estimate of drug-likeness (QED) is 0.457. The van der Waals surface area contributed by atoms with Crippen molar-refractivity contribution in [2.24, 2.45) is 0 Å². The van der Waals surface area contributed by atoms with E-state index in [0.29, 0.717) is 5.16 Å². The zero-order valence-corrected chi connectivity index (χ0v) is 18.8. The first-order valence-electron chi connectivity index (χ1n) is 9.96. The molecule has 0 saturated carbocycles. The Labute approximate surface area is 185 Å².